The van der Waals surface area contributed by atoms with Crippen LogP contribution in [0, 0.1) is 12.7 Å². The summed E-state index contributed by atoms with van der Waals surface area (Å²) in [7, 11) is 0. The van der Waals surface area contributed by atoms with E-state index in [1.165, 1.54) is 0 Å². The number of hydrogen-bond donors (Lipinski definition) is 0. The van der Waals surface area contributed by atoms with Crippen molar-refractivity contribution in [1.82, 2.24) is 9.55 Å². The van der Waals surface area contributed by atoms with Crippen LogP contribution in [0.25, 0.3) is 27.8 Å². The molecule has 1 aromatic heterocycles. The lowest BCUT2D eigenvalue weighted by Gasteiger charge is -2.11. The number of aryl methyl sites for hydroxylation is 1. The fourth-order valence-corrected chi connectivity index (χ4v) is 3.15. The standard InChI is InChI=1S/C20H14ClFN2/c1-13-9-10-16(21)19(20(13)22)14-5-4-6-15(11-14)24-12-23-17-7-2-3-8-18(17)24/h2-12H,1H3. The highest BCUT2D eigenvalue weighted by Gasteiger charge is 2.13. The second-order valence-corrected chi connectivity index (χ2v) is 6.11. The molecule has 2 nitrogen and oxygen atoms in total. The molecule has 3 aromatic carbocycles. The van der Waals surface area contributed by atoms with Gasteiger partial charge in [0.1, 0.15) is 12.1 Å². The molecule has 0 amide bonds. The average Bonchev–Trinajstić information content (AvgIpc) is 3.03. The minimum absolute atomic E-state index is 0.282. The van der Waals surface area contributed by atoms with Crippen LogP contribution < -0.4 is 0 Å². The van der Waals surface area contributed by atoms with Gasteiger partial charge in [-0.2, -0.15) is 0 Å². The first-order valence-electron chi connectivity index (χ1n) is 7.62. The van der Waals surface area contributed by atoms with Crippen molar-refractivity contribution in [2.24, 2.45) is 0 Å². The Labute approximate surface area is 144 Å². The first kappa shape index (κ1) is 14.9. The third-order valence-electron chi connectivity index (χ3n) is 4.15. The van der Waals surface area contributed by atoms with Crippen molar-refractivity contribution in [3.63, 3.8) is 0 Å². The lowest BCUT2D eigenvalue weighted by atomic mass is 10.0. The van der Waals surface area contributed by atoms with Gasteiger partial charge in [-0.15, -0.1) is 0 Å². The Bertz CT molecular complexity index is 1050. The molecule has 4 heteroatoms. The van der Waals surface area contributed by atoms with E-state index in [1.54, 1.807) is 25.4 Å². The Kier molecular flexibility index (Phi) is 3.58. The Morgan fingerprint density at radius 3 is 2.71 bits per heavy atom. The molecule has 4 aromatic rings. The largest absolute Gasteiger partial charge is 0.299 e. The number of para-hydroxylation sites is 2. The summed E-state index contributed by atoms with van der Waals surface area (Å²) in [5, 5.41) is 0.408. The molecule has 0 aliphatic heterocycles. The maximum Gasteiger partial charge on any atom is 0.135 e. The number of halogens is 2. The Morgan fingerprint density at radius 2 is 1.83 bits per heavy atom. The third-order valence-corrected chi connectivity index (χ3v) is 4.47. The monoisotopic (exact) mass is 336 g/mol. The molecule has 0 saturated carbocycles. The number of aromatic nitrogens is 2. The van der Waals surface area contributed by atoms with Gasteiger partial charge in [-0.05, 0) is 48.4 Å². The molecule has 0 bridgehead atoms. The van der Waals surface area contributed by atoms with Crippen LogP contribution >= 0.6 is 11.6 Å². The lowest BCUT2D eigenvalue weighted by Crippen LogP contribution is -1.94. The van der Waals surface area contributed by atoms with Crippen molar-refractivity contribution in [2.75, 3.05) is 0 Å². The summed E-state index contributed by atoms with van der Waals surface area (Å²) < 4.78 is 16.6. The van der Waals surface area contributed by atoms with E-state index in [4.69, 9.17) is 11.6 Å². The third kappa shape index (κ3) is 2.38. The summed E-state index contributed by atoms with van der Waals surface area (Å²) in [6.07, 6.45) is 1.78. The first-order valence-corrected chi connectivity index (χ1v) is 8.00. The zero-order chi connectivity index (χ0) is 16.7. The predicted molar refractivity (Wildman–Crippen MR) is 96.2 cm³/mol. The highest BCUT2D eigenvalue weighted by Crippen LogP contribution is 2.33. The molecule has 0 saturated heterocycles. The first-order chi connectivity index (χ1) is 11.6. The molecular weight excluding hydrogens is 323 g/mol. The van der Waals surface area contributed by atoms with Crippen molar-refractivity contribution >= 4 is 22.6 Å². The van der Waals surface area contributed by atoms with Crippen LogP contribution in [0.15, 0.2) is 67.0 Å². The van der Waals surface area contributed by atoms with Crippen LogP contribution in [0.2, 0.25) is 5.02 Å². The summed E-state index contributed by atoms with van der Waals surface area (Å²) >= 11 is 6.25. The molecule has 0 radical (unpaired) electrons. The van der Waals surface area contributed by atoms with Gasteiger partial charge in [0.25, 0.3) is 0 Å². The second kappa shape index (κ2) is 5.77. The Balaban J connectivity index is 1.91. The van der Waals surface area contributed by atoms with Crippen molar-refractivity contribution in [2.45, 2.75) is 6.92 Å². The summed E-state index contributed by atoms with van der Waals surface area (Å²) in [6, 6.07) is 19.0. The predicted octanol–water partition coefficient (Wildman–Crippen LogP) is 5.79. The van der Waals surface area contributed by atoms with E-state index in [-0.39, 0.29) is 5.82 Å². The van der Waals surface area contributed by atoms with Gasteiger partial charge < -0.3 is 0 Å². The van der Waals surface area contributed by atoms with Gasteiger partial charge in [-0.1, -0.05) is 41.9 Å². The number of nitrogens with zero attached hydrogens (tertiary/aromatic N) is 2. The Hall–Kier alpha value is -2.65. The van der Waals surface area contributed by atoms with E-state index in [2.05, 4.69) is 4.98 Å². The molecule has 0 aliphatic rings. The average molecular weight is 337 g/mol. The zero-order valence-corrected chi connectivity index (χ0v) is 13.8. The quantitative estimate of drug-likeness (QED) is 0.453. The number of imidazole rings is 1. The molecule has 0 aliphatic carbocycles. The molecule has 24 heavy (non-hydrogen) atoms. The van der Waals surface area contributed by atoms with Crippen molar-refractivity contribution < 1.29 is 4.39 Å². The number of rotatable bonds is 2. The van der Waals surface area contributed by atoms with Gasteiger partial charge in [0.2, 0.25) is 0 Å². The number of benzene rings is 3. The van der Waals surface area contributed by atoms with E-state index < -0.39 is 0 Å². The normalized spacial score (nSPS) is 11.1. The van der Waals surface area contributed by atoms with E-state index in [9.17, 15) is 4.39 Å². The molecule has 1 heterocycles. The summed E-state index contributed by atoms with van der Waals surface area (Å²) in [5.41, 5.74) is 4.60. The van der Waals surface area contributed by atoms with Gasteiger partial charge in [-0.3, -0.25) is 4.57 Å². The van der Waals surface area contributed by atoms with Crippen LogP contribution in [0.1, 0.15) is 5.56 Å². The lowest BCUT2D eigenvalue weighted by molar-refractivity contribution is 0.622. The van der Waals surface area contributed by atoms with Crippen LogP contribution in [-0.4, -0.2) is 9.55 Å². The number of fused-ring (bicyclic) bond motifs is 1. The molecule has 0 unspecified atom stereocenters. The van der Waals surface area contributed by atoms with E-state index in [0.29, 0.717) is 16.1 Å². The fraction of sp³-hybridized carbons (Fsp3) is 0.0500. The topological polar surface area (TPSA) is 17.8 Å². The summed E-state index contributed by atoms with van der Waals surface area (Å²) in [5.74, 6) is -0.282. The maximum atomic E-state index is 14.6. The van der Waals surface area contributed by atoms with Gasteiger partial charge in [0.05, 0.1) is 16.1 Å². The van der Waals surface area contributed by atoms with E-state index in [0.717, 1.165) is 22.3 Å². The van der Waals surface area contributed by atoms with Gasteiger partial charge in [0.15, 0.2) is 0 Å². The van der Waals surface area contributed by atoms with E-state index in [1.807, 2.05) is 53.1 Å². The Morgan fingerprint density at radius 1 is 1.00 bits per heavy atom. The van der Waals surface area contributed by atoms with Gasteiger partial charge in [-0.25, -0.2) is 9.37 Å². The van der Waals surface area contributed by atoms with Crippen LogP contribution in [-0.2, 0) is 0 Å². The second-order valence-electron chi connectivity index (χ2n) is 5.71. The van der Waals surface area contributed by atoms with Crippen molar-refractivity contribution in [1.29, 1.82) is 0 Å². The smallest absolute Gasteiger partial charge is 0.135 e. The SMILES string of the molecule is Cc1ccc(Cl)c(-c2cccc(-n3cnc4ccccc43)c2)c1F. The van der Waals surface area contributed by atoms with E-state index >= 15 is 0 Å². The highest BCUT2D eigenvalue weighted by atomic mass is 35.5. The van der Waals surface area contributed by atoms with Crippen molar-refractivity contribution in [3.8, 4) is 16.8 Å². The van der Waals surface area contributed by atoms with Crippen molar-refractivity contribution in [3.05, 3.63) is 83.4 Å². The minimum Gasteiger partial charge on any atom is -0.299 e. The molecule has 4 rings (SSSR count). The molecule has 0 N–H and O–H groups in total. The van der Waals surface area contributed by atoms with Crippen LogP contribution in [0.4, 0.5) is 4.39 Å². The molecule has 0 spiro atoms. The minimum atomic E-state index is -0.282. The van der Waals surface area contributed by atoms with Crippen LogP contribution in [0.3, 0.4) is 0 Å². The molecule has 118 valence electrons. The molecule has 0 fully saturated rings. The molecular formula is C20H14ClFN2. The van der Waals surface area contributed by atoms with Gasteiger partial charge in [0, 0.05) is 11.3 Å². The maximum absolute atomic E-state index is 14.6. The van der Waals surface area contributed by atoms with Crippen LogP contribution in [0.5, 0.6) is 0 Å². The van der Waals surface area contributed by atoms with Gasteiger partial charge >= 0.3 is 0 Å². The highest BCUT2D eigenvalue weighted by molar-refractivity contribution is 6.33. The fourth-order valence-electron chi connectivity index (χ4n) is 2.90. The number of hydrogen-bond acceptors (Lipinski definition) is 1. The summed E-state index contributed by atoms with van der Waals surface area (Å²) in [4.78, 5) is 4.41. The summed E-state index contributed by atoms with van der Waals surface area (Å²) in [6.45, 7) is 1.74. The zero-order valence-electron chi connectivity index (χ0n) is 13.0. The molecule has 0 atom stereocenters.